The largest absolute Gasteiger partial charge is 0.493 e. The van der Waals surface area contributed by atoms with E-state index in [1.165, 1.54) is 25.3 Å². The minimum atomic E-state index is -0.492. The van der Waals surface area contributed by atoms with Gasteiger partial charge in [-0.3, -0.25) is 14.9 Å². The maximum absolute atomic E-state index is 12.4. The number of hydrogen-bond donors (Lipinski definition) is 1. The molecule has 0 unspecified atom stereocenters. The lowest BCUT2D eigenvalue weighted by Crippen LogP contribution is -2.08. The predicted octanol–water partition coefficient (Wildman–Crippen LogP) is 4.48. The van der Waals surface area contributed by atoms with Gasteiger partial charge < -0.3 is 19.2 Å². The van der Waals surface area contributed by atoms with E-state index in [2.05, 4.69) is 10.3 Å². The summed E-state index contributed by atoms with van der Waals surface area (Å²) in [6, 6.07) is 16.9. The summed E-state index contributed by atoms with van der Waals surface area (Å²) in [6.45, 7) is 0.215. The highest BCUT2D eigenvalue weighted by Gasteiger charge is 2.11. The fourth-order valence-electron chi connectivity index (χ4n) is 3.22. The second-order valence-corrected chi connectivity index (χ2v) is 6.99. The highest BCUT2D eigenvalue weighted by atomic mass is 16.6. The predicted molar refractivity (Wildman–Crippen MR) is 123 cm³/mol. The highest BCUT2D eigenvalue weighted by molar-refractivity contribution is 6.02. The van der Waals surface area contributed by atoms with Gasteiger partial charge in [0.25, 0.3) is 5.69 Å². The number of para-hydroxylation sites is 1. The second-order valence-electron chi connectivity index (χ2n) is 6.99. The van der Waals surface area contributed by atoms with Gasteiger partial charge in [-0.15, -0.1) is 0 Å². The van der Waals surface area contributed by atoms with E-state index < -0.39 is 10.8 Å². The summed E-state index contributed by atoms with van der Waals surface area (Å²) in [5, 5.41) is 13.8. The molecule has 9 heteroatoms. The molecule has 0 aliphatic carbocycles. The number of carbonyl (C=O) groups excluding carboxylic acids is 1. The minimum Gasteiger partial charge on any atom is -0.493 e. The number of ether oxygens (including phenoxy) is 2. The van der Waals surface area contributed by atoms with Crippen LogP contribution in [0.3, 0.4) is 0 Å². The first-order chi connectivity index (χ1) is 16.0. The molecule has 0 atom stereocenters. The molecule has 0 saturated heterocycles. The summed E-state index contributed by atoms with van der Waals surface area (Å²) in [5.41, 5.74) is 2.30. The standard InChI is InChI=1S/C24H20N4O5/c1-32-21-11-10-18(26-24(29)12-9-17-6-2-3-7-20(17)28(30)31)14-22(21)33-16-19-15-27-13-5-4-8-23(27)25-19/h2-15H,16H2,1H3,(H,26,29). The van der Waals surface area contributed by atoms with Crippen molar-refractivity contribution in [3.05, 3.63) is 101 Å². The lowest BCUT2D eigenvalue weighted by Gasteiger charge is -2.12. The second kappa shape index (κ2) is 9.65. The molecule has 166 valence electrons. The molecule has 2 aromatic heterocycles. The third-order valence-corrected chi connectivity index (χ3v) is 4.77. The summed E-state index contributed by atoms with van der Waals surface area (Å²) >= 11 is 0. The highest BCUT2D eigenvalue weighted by Crippen LogP contribution is 2.31. The molecule has 0 aliphatic heterocycles. The number of aromatic nitrogens is 2. The van der Waals surface area contributed by atoms with Gasteiger partial charge in [-0.05, 0) is 36.4 Å². The van der Waals surface area contributed by atoms with Crippen LogP contribution in [-0.2, 0) is 11.4 Å². The first-order valence-corrected chi connectivity index (χ1v) is 9.99. The maximum atomic E-state index is 12.4. The summed E-state index contributed by atoms with van der Waals surface area (Å²) in [4.78, 5) is 27.5. The van der Waals surface area contributed by atoms with E-state index in [1.807, 2.05) is 35.0 Å². The van der Waals surface area contributed by atoms with E-state index in [-0.39, 0.29) is 12.3 Å². The molecule has 0 bridgehead atoms. The summed E-state index contributed by atoms with van der Waals surface area (Å²) in [6.07, 6.45) is 6.42. The molecular weight excluding hydrogens is 424 g/mol. The number of hydrogen-bond acceptors (Lipinski definition) is 6. The Balaban J connectivity index is 1.45. The smallest absolute Gasteiger partial charge is 0.276 e. The van der Waals surface area contributed by atoms with Crippen molar-refractivity contribution >= 4 is 29.0 Å². The molecule has 1 amide bonds. The van der Waals surface area contributed by atoms with Crippen molar-refractivity contribution in [3.63, 3.8) is 0 Å². The summed E-state index contributed by atoms with van der Waals surface area (Å²) in [5.74, 6) is 0.506. The number of nitrogens with one attached hydrogen (secondary N) is 1. The van der Waals surface area contributed by atoms with Crippen LogP contribution in [0.1, 0.15) is 11.3 Å². The normalized spacial score (nSPS) is 10.9. The van der Waals surface area contributed by atoms with Gasteiger partial charge in [0.2, 0.25) is 5.91 Å². The molecular formula is C24H20N4O5. The quantitative estimate of drug-likeness (QED) is 0.244. The minimum absolute atomic E-state index is 0.0753. The van der Waals surface area contributed by atoms with E-state index >= 15 is 0 Å². The van der Waals surface area contributed by atoms with Gasteiger partial charge in [0.05, 0.1) is 23.3 Å². The van der Waals surface area contributed by atoms with Gasteiger partial charge in [0.1, 0.15) is 12.3 Å². The lowest BCUT2D eigenvalue weighted by molar-refractivity contribution is -0.385. The Labute approximate surface area is 189 Å². The number of fused-ring (bicyclic) bond motifs is 1. The number of imidazole rings is 1. The fraction of sp³-hybridized carbons (Fsp3) is 0.0833. The van der Waals surface area contributed by atoms with Gasteiger partial charge >= 0.3 is 0 Å². The molecule has 33 heavy (non-hydrogen) atoms. The number of nitrogens with zero attached hydrogens (tertiary/aromatic N) is 3. The Morgan fingerprint density at radius 2 is 1.97 bits per heavy atom. The van der Waals surface area contributed by atoms with Crippen LogP contribution < -0.4 is 14.8 Å². The number of carbonyl (C=O) groups is 1. The van der Waals surface area contributed by atoms with Crippen LogP contribution in [0.2, 0.25) is 0 Å². The van der Waals surface area contributed by atoms with E-state index in [0.717, 1.165) is 11.3 Å². The van der Waals surface area contributed by atoms with Gasteiger partial charge in [-0.2, -0.15) is 0 Å². The molecule has 0 saturated carbocycles. The SMILES string of the molecule is COc1ccc(NC(=O)C=Cc2ccccc2[N+](=O)[O-])cc1OCc1cn2ccccc2n1. The molecule has 4 aromatic rings. The van der Waals surface area contributed by atoms with Crippen molar-refractivity contribution in [1.29, 1.82) is 0 Å². The van der Waals surface area contributed by atoms with Gasteiger partial charge in [0, 0.05) is 36.3 Å². The summed E-state index contributed by atoms with van der Waals surface area (Å²) < 4.78 is 13.1. The van der Waals surface area contributed by atoms with Crippen LogP contribution in [0, 0.1) is 10.1 Å². The third-order valence-electron chi connectivity index (χ3n) is 4.77. The Morgan fingerprint density at radius 3 is 2.76 bits per heavy atom. The van der Waals surface area contributed by atoms with Crippen molar-refractivity contribution in [1.82, 2.24) is 9.38 Å². The Bertz CT molecular complexity index is 1310. The van der Waals surface area contributed by atoms with Crippen molar-refractivity contribution in [3.8, 4) is 11.5 Å². The zero-order chi connectivity index (χ0) is 23.2. The number of pyridine rings is 1. The first kappa shape index (κ1) is 21.6. The monoisotopic (exact) mass is 444 g/mol. The van der Waals surface area contributed by atoms with Crippen LogP contribution in [0.25, 0.3) is 11.7 Å². The van der Waals surface area contributed by atoms with Crippen molar-refractivity contribution in [2.24, 2.45) is 0 Å². The number of benzene rings is 2. The van der Waals surface area contributed by atoms with Gasteiger partial charge in [0.15, 0.2) is 11.5 Å². The Hall–Kier alpha value is -4.66. The Morgan fingerprint density at radius 1 is 1.15 bits per heavy atom. The van der Waals surface area contributed by atoms with Crippen LogP contribution in [0.15, 0.2) is 79.1 Å². The maximum Gasteiger partial charge on any atom is 0.276 e. The van der Waals surface area contributed by atoms with Crippen molar-refractivity contribution < 1.29 is 19.2 Å². The number of nitro benzene ring substituents is 1. The topological polar surface area (TPSA) is 108 Å². The average Bonchev–Trinajstić information content (AvgIpc) is 3.25. The molecule has 0 radical (unpaired) electrons. The molecule has 0 spiro atoms. The first-order valence-electron chi connectivity index (χ1n) is 9.99. The molecule has 2 aromatic carbocycles. The molecule has 0 aliphatic rings. The lowest BCUT2D eigenvalue weighted by atomic mass is 10.1. The van der Waals surface area contributed by atoms with E-state index in [9.17, 15) is 14.9 Å². The third kappa shape index (κ3) is 5.16. The van der Waals surface area contributed by atoms with E-state index in [0.29, 0.717) is 22.7 Å². The number of methoxy groups -OCH3 is 1. The fourth-order valence-corrected chi connectivity index (χ4v) is 3.22. The number of nitro groups is 1. The van der Waals surface area contributed by atoms with Crippen LogP contribution in [0.4, 0.5) is 11.4 Å². The van der Waals surface area contributed by atoms with Crippen molar-refractivity contribution in [2.45, 2.75) is 6.61 Å². The molecule has 1 N–H and O–H groups in total. The van der Waals surface area contributed by atoms with Crippen LogP contribution in [0.5, 0.6) is 11.5 Å². The number of rotatable bonds is 8. The number of anilines is 1. The van der Waals surface area contributed by atoms with Gasteiger partial charge in [-0.25, -0.2) is 4.98 Å². The molecule has 0 fully saturated rings. The van der Waals surface area contributed by atoms with E-state index in [1.54, 1.807) is 36.4 Å². The van der Waals surface area contributed by atoms with Crippen LogP contribution in [-0.4, -0.2) is 27.3 Å². The zero-order valence-corrected chi connectivity index (χ0v) is 17.7. The average molecular weight is 444 g/mol. The van der Waals surface area contributed by atoms with E-state index in [4.69, 9.17) is 9.47 Å². The van der Waals surface area contributed by atoms with Crippen molar-refractivity contribution in [2.75, 3.05) is 12.4 Å². The molecule has 9 nitrogen and oxygen atoms in total. The van der Waals surface area contributed by atoms with Crippen LogP contribution >= 0.6 is 0 Å². The molecule has 4 rings (SSSR count). The van der Waals surface area contributed by atoms with Gasteiger partial charge in [-0.1, -0.05) is 18.2 Å². The Kier molecular flexibility index (Phi) is 6.31. The molecule has 2 heterocycles. The zero-order valence-electron chi connectivity index (χ0n) is 17.7. The summed E-state index contributed by atoms with van der Waals surface area (Å²) in [7, 11) is 1.53. The number of amides is 1.